The van der Waals surface area contributed by atoms with Crippen LogP contribution in [0.1, 0.15) is 41.9 Å². The number of morpholine rings is 1. The predicted molar refractivity (Wildman–Crippen MR) is 161 cm³/mol. The SMILES string of the molecule is Cc1ccc(C(=O)NCc2cc3nc(-c4cccc(N5C[C@@H](C)O[C@@H](C)C5)n4)ccc3cn2)cc1S(=O)(=O)CCCO. The van der Waals surface area contributed by atoms with Crippen molar-refractivity contribution in [3.63, 3.8) is 0 Å². The highest BCUT2D eigenvalue weighted by Crippen LogP contribution is 2.24. The molecule has 3 aromatic heterocycles. The van der Waals surface area contributed by atoms with E-state index >= 15 is 0 Å². The Balaban J connectivity index is 1.32. The van der Waals surface area contributed by atoms with Crippen molar-refractivity contribution >= 4 is 32.5 Å². The molecule has 1 saturated heterocycles. The number of fused-ring (bicyclic) bond motifs is 1. The normalized spacial score (nSPS) is 17.4. The molecule has 0 spiro atoms. The molecule has 0 saturated carbocycles. The molecule has 4 aromatic rings. The molecule has 1 fully saturated rings. The van der Waals surface area contributed by atoms with Gasteiger partial charge in [0.25, 0.3) is 5.91 Å². The van der Waals surface area contributed by atoms with Gasteiger partial charge in [-0.3, -0.25) is 9.78 Å². The molecule has 10 nitrogen and oxygen atoms in total. The summed E-state index contributed by atoms with van der Waals surface area (Å²) in [5.74, 6) is 0.289. The first-order valence-corrected chi connectivity index (χ1v) is 15.6. The number of aliphatic hydroxyl groups excluding tert-OH is 1. The van der Waals surface area contributed by atoms with Gasteiger partial charge in [-0.25, -0.2) is 18.4 Å². The van der Waals surface area contributed by atoms with Crippen molar-refractivity contribution in [2.45, 2.75) is 50.8 Å². The Bertz CT molecular complexity index is 1700. The van der Waals surface area contributed by atoms with E-state index in [1.165, 1.54) is 6.07 Å². The minimum absolute atomic E-state index is 0.0967. The fourth-order valence-electron chi connectivity index (χ4n) is 5.12. The summed E-state index contributed by atoms with van der Waals surface area (Å²) in [6.45, 7) is 7.28. The molecule has 0 unspecified atom stereocenters. The molecule has 2 atom stereocenters. The number of nitrogens with one attached hydrogen (secondary N) is 1. The molecule has 1 aliphatic heterocycles. The van der Waals surface area contributed by atoms with Crippen LogP contribution in [-0.2, 0) is 21.1 Å². The van der Waals surface area contributed by atoms with Gasteiger partial charge >= 0.3 is 0 Å². The monoisotopic (exact) mass is 589 g/mol. The lowest BCUT2D eigenvalue weighted by molar-refractivity contribution is -0.00545. The molecule has 2 N–H and O–H groups in total. The number of benzene rings is 1. The molecule has 5 rings (SSSR count). The van der Waals surface area contributed by atoms with E-state index in [4.69, 9.17) is 19.8 Å². The highest BCUT2D eigenvalue weighted by atomic mass is 32.2. The maximum absolute atomic E-state index is 12.9. The summed E-state index contributed by atoms with van der Waals surface area (Å²) in [5.41, 5.74) is 3.61. The number of ether oxygens (including phenoxy) is 1. The number of hydrogen-bond donors (Lipinski definition) is 2. The second-order valence-corrected chi connectivity index (χ2v) is 12.7. The Hall–Kier alpha value is -3.93. The number of anilines is 1. The number of nitrogens with zero attached hydrogens (tertiary/aromatic N) is 4. The molecule has 1 aromatic carbocycles. The van der Waals surface area contributed by atoms with Gasteiger partial charge in [0.05, 0.1) is 52.0 Å². The molecule has 0 aliphatic carbocycles. The Morgan fingerprint density at radius 3 is 2.57 bits per heavy atom. The second-order valence-electron chi connectivity index (χ2n) is 10.7. The van der Waals surface area contributed by atoms with Crippen LogP contribution in [0.4, 0.5) is 5.82 Å². The van der Waals surface area contributed by atoms with E-state index in [9.17, 15) is 13.2 Å². The zero-order chi connectivity index (χ0) is 29.9. The third-order valence-corrected chi connectivity index (χ3v) is 9.09. The third-order valence-electron chi connectivity index (χ3n) is 7.16. The van der Waals surface area contributed by atoms with Gasteiger partial charge < -0.3 is 20.1 Å². The lowest BCUT2D eigenvalue weighted by atomic mass is 10.1. The first-order chi connectivity index (χ1) is 20.1. The average molecular weight is 590 g/mol. The number of carbonyl (C=O) groups is 1. The standard InChI is InChI=1S/C31H35N5O5S/c1-20-8-9-23(14-29(20)42(39,40)13-5-12-37)31(38)33-17-25-15-28-24(16-32-25)10-11-27(34-28)26-6-4-7-30(35-26)36-18-21(2)41-22(3)19-36/h4,6-11,14-16,21-22,37H,5,12-13,17-19H2,1-3H3,(H,33,38)/t21-,22+. The van der Waals surface area contributed by atoms with Gasteiger partial charge in [0, 0.05) is 36.8 Å². The van der Waals surface area contributed by atoms with Crippen molar-refractivity contribution in [3.05, 3.63) is 77.6 Å². The topological polar surface area (TPSA) is 135 Å². The summed E-state index contributed by atoms with van der Waals surface area (Å²) >= 11 is 0. The smallest absolute Gasteiger partial charge is 0.251 e. The largest absolute Gasteiger partial charge is 0.396 e. The summed E-state index contributed by atoms with van der Waals surface area (Å²) in [6.07, 6.45) is 2.10. The van der Waals surface area contributed by atoms with Crippen molar-refractivity contribution in [3.8, 4) is 11.4 Å². The number of aromatic nitrogens is 3. The maximum Gasteiger partial charge on any atom is 0.251 e. The van der Waals surface area contributed by atoms with Crippen LogP contribution in [0.2, 0.25) is 0 Å². The van der Waals surface area contributed by atoms with Crippen molar-refractivity contribution in [1.82, 2.24) is 20.3 Å². The number of amides is 1. The number of aryl methyl sites for hydroxylation is 1. The summed E-state index contributed by atoms with van der Waals surface area (Å²) in [7, 11) is -3.62. The summed E-state index contributed by atoms with van der Waals surface area (Å²) < 4.78 is 31.2. The Kier molecular flexibility index (Phi) is 8.81. The third kappa shape index (κ3) is 6.75. The van der Waals surface area contributed by atoms with E-state index in [-0.39, 0.29) is 48.0 Å². The summed E-state index contributed by atoms with van der Waals surface area (Å²) in [6, 6.07) is 16.2. The van der Waals surface area contributed by atoms with Gasteiger partial charge in [-0.2, -0.15) is 0 Å². The quantitative estimate of drug-likeness (QED) is 0.300. The Labute approximate surface area is 245 Å². The van der Waals surface area contributed by atoms with Crippen LogP contribution >= 0.6 is 0 Å². The number of carbonyl (C=O) groups excluding carboxylic acids is 1. The first kappa shape index (κ1) is 29.6. The molecule has 42 heavy (non-hydrogen) atoms. The van der Waals surface area contributed by atoms with E-state index in [0.29, 0.717) is 11.3 Å². The molecule has 11 heteroatoms. The molecular formula is C31H35N5O5S. The minimum atomic E-state index is -3.62. The Morgan fingerprint density at radius 2 is 1.81 bits per heavy atom. The highest BCUT2D eigenvalue weighted by molar-refractivity contribution is 7.91. The number of hydrogen-bond acceptors (Lipinski definition) is 9. The maximum atomic E-state index is 12.9. The molecule has 4 heterocycles. The molecule has 0 radical (unpaired) electrons. The van der Waals surface area contributed by atoms with Crippen LogP contribution in [0.15, 0.2) is 65.7 Å². The van der Waals surface area contributed by atoms with Crippen molar-refractivity contribution in [2.24, 2.45) is 0 Å². The molecular weight excluding hydrogens is 554 g/mol. The van der Waals surface area contributed by atoms with Gasteiger partial charge in [-0.1, -0.05) is 12.1 Å². The lowest BCUT2D eigenvalue weighted by Gasteiger charge is -2.36. The van der Waals surface area contributed by atoms with Gasteiger partial charge in [0.1, 0.15) is 5.82 Å². The van der Waals surface area contributed by atoms with E-state index in [1.54, 1.807) is 25.3 Å². The van der Waals surface area contributed by atoms with Crippen molar-refractivity contribution < 1.29 is 23.1 Å². The van der Waals surface area contributed by atoms with E-state index in [2.05, 4.69) is 29.0 Å². The summed E-state index contributed by atoms with van der Waals surface area (Å²) in [5, 5.41) is 12.7. The zero-order valence-electron chi connectivity index (χ0n) is 23.9. The number of rotatable bonds is 9. The van der Waals surface area contributed by atoms with E-state index < -0.39 is 15.7 Å². The fraction of sp³-hybridized carbons (Fsp3) is 0.355. The second kappa shape index (κ2) is 12.5. The van der Waals surface area contributed by atoms with Gasteiger partial charge in [-0.15, -0.1) is 0 Å². The average Bonchev–Trinajstić information content (AvgIpc) is 2.98. The molecule has 1 aliphatic rings. The van der Waals surface area contributed by atoms with Crippen molar-refractivity contribution in [2.75, 3.05) is 30.3 Å². The van der Waals surface area contributed by atoms with Crippen LogP contribution in [0.5, 0.6) is 0 Å². The van der Waals surface area contributed by atoms with Crippen LogP contribution < -0.4 is 10.2 Å². The predicted octanol–water partition coefficient (Wildman–Crippen LogP) is 3.70. The van der Waals surface area contributed by atoms with Gasteiger partial charge in [-0.05, 0) is 75.2 Å². The van der Waals surface area contributed by atoms with Crippen LogP contribution in [0.3, 0.4) is 0 Å². The van der Waals surface area contributed by atoms with Crippen LogP contribution in [0, 0.1) is 6.92 Å². The first-order valence-electron chi connectivity index (χ1n) is 14.0. The lowest BCUT2D eigenvalue weighted by Crippen LogP contribution is -2.45. The number of aliphatic hydroxyl groups is 1. The fourth-order valence-corrected chi connectivity index (χ4v) is 6.71. The Morgan fingerprint density at radius 1 is 1.05 bits per heavy atom. The molecule has 0 bridgehead atoms. The number of sulfone groups is 1. The molecule has 220 valence electrons. The van der Waals surface area contributed by atoms with Crippen LogP contribution in [-0.4, -0.2) is 72.0 Å². The minimum Gasteiger partial charge on any atom is -0.396 e. The highest BCUT2D eigenvalue weighted by Gasteiger charge is 2.23. The summed E-state index contributed by atoms with van der Waals surface area (Å²) in [4.78, 5) is 29.4. The number of pyridine rings is 3. The molecule has 1 amide bonds. The zero-order valence-corrected chi connectivity index (χ0v) is 24.8. The van der Waals surface area contributed by atoms with E-state index in [1.807, 2.05) is 36.4 Å². The van der Waals surface area contributed by atoms with Crippen molar-refractivity contribution in [1.29, 1.82) is 0 Å². The van der Waals surface area contributed by atoms with Crippen LogP contribution in [0.25, 0.3) is 22.3 Å². The van der Waals surface area contributed by atoms with Gasteiger partial charge in [0.15, 0.2) is 9.84 Å². The van der Waals surface area contributed by atoms with E-state index in [0.717, 1.165) is 41.2 Å². The van der Waals surface area contributed by atoms with Gasteiger partial charge in [0.2, 0.25) is 0 Å².